The molecule has 0 bridgehead atoms. The smallest absolute Gasteiger partial charge is 0.255 e. The van der Waals surface area contributed by atoms with Crippen molar-refractivity contribution in [2.24, 2.45) is 0 Å². The highest BCUT2D eigenvalue weighted by molar-refractivity contribution is 5.98. The predicted molar refractivity (Wildman–Crippen MR) is 102 cm³/mol. The molecule has 0 saturated carbocycles. The first-order valence-electron chi connectivity index (χ1n) is 8.76. The summed E-state index contributed by atoms with van der Waals surface area (Å²) in [4.78, 5) is 12.8. The summed E-state index contributed by atoms with van der Waals surface area (Å²) in [6.07, 6.45) is 1.53. The van der Waals surface area contributed by atoms with Crippen molar-refractivity contribution in [3.63, 3.8) is 0 Å². The van der Waals surface area contributed by atoms with Crippen LogP contribution < -0.4 is 19.5 Å². The van der Waals surface area contributed by atoms with Crippen LogP contribution in [0.2, 0.25) is 0 Å². The second kappa shape index (κ2) is 7.88. The molecule has 0 aromatic heterocycles. The van der Waals surface area contributed by atoms with E-state index in [1.54, 1.807) is 19.2 Å². The Labute approximate surface area is 159 Å². The molecule has 0 radical (unpaired) electrons. The van der Waals surface area contributed by atoms with Crippen LogP contribution in [0.25, 0.3) is 0 Å². The van der Waals surface area contributed by atoms with Crippen LogP contribution in [-0.2, 0) is 17.6 Å². The summed E-state index contributed by atoms with van der Waals surface area (Å²) in [7, 11) is 6.24. The van der Waals surface area contributed by atoms with Gasteiger partial charge in [-0.15, -0.1) is 0 Å². The largest absolute Gasteiger partial charge is 0.493 e. The lowest BCUT2D eigenvalue weighted by Crippen LogP contribution is -2.45. The van der Waals surface area contributed by atoms with Crippen molar-refractivity contribution in [3.05, 3.63) is 53.1 Å². The third-order valence-electron chi connectivity index (χ3n) is 5.10. The van der Waals surface area contributed by atoms with Crippen molar-refractivity contribution >= 4 is 5.91 Å². The van der Waals surface area contributed by atoms with Gasteiger partial charge < -0.3 is 24.3 Å². The summed E-state index contributed by atoms with van der Waals surface area (Å²) in [5.74, 6) is 0.989. The molecule has 1 aliphatic carbocycles. The molecular weight excluding hydrogens is 346 g/mol. The van der Waals surface area contributed by atoms with Gasteiger partial charge in [-0.25, -0.2) is 0 Å². The minimum Gasteiger partial charge on any atom is -0.493 e. The lowest BCUT2D eigenvalue weighted by atomic mass is 9.99. The van der Waals surface area contributed by atoms with Crippen LogP contribution in [0.4, 0.5) is 0 Å². The minimum atomic E-state index is -0.441. The van der Waals surface area contributed by atoms with Gasteiger partial charge >= 0.3 is 0 Å². The van der Waals surface area contributed by atoms with Crippen molar-refractivity contribution in [1.82, 2.24) is 5.32 Å². The number of methoxy groups -OCH3 is 4. The molecule has 6 heteroatoms. The molecule has 1 N–H and O–H groups in total. The molecular formula is C21H25NO5. The molecule has 0 unspecified atom stereocenters. The second-order valence-electron chi connectivity index (χ2n) is 6.57. The number of ether oxygens (including phenoxy) is 4. The average Bonchev–Trinajstić information content (AvgIpc) is 3.09. The number of carbonyl (C=O) groups is 1. The first-order chi connectivity index (χ1) is 13.1. The molecule has 6 nitrogen and oxygen atoms in total. The van der Waals surface area contributed by atoms with Crippen LogP contribution in [0.1, 0.15) is 21.5 Å². The van der Waals surface area contributed by atoms with Gasteiger partial charge in [-0.2, -0.15) is 0 Å². The summed E-state index contributed by atoms with van der Waals surface area (Å²) in [5.41, 5.74) is 2.47. The van der Waals surface area contributed by atoms with Crippen molar-refractivity contribution in [2.45, 2.75) is 18.4 Å². The van der Waals surface area contributed by atoms with Crippen LogP contribution in [-0.4, -0.2) is 46.5 Å². The maximum atomic E-state index is 12.8. The molecule has 0 spiro atoms. The van der Waals surface area contributed by atoms with Crippen molar-refractivity contribution in [3.8, 4) is 17.2 Å². The molecule has 0 fully saturated rings. The third kappa shape index (κ3) is 3.57. The fourth-order valence-electron chi connectivity index (χ4n) is 3.62. The van der Waals surface area contributed by atoms with E-state index in [1.165, 1.54) is 32.5 Å². The molecule has 27 heavy (non-hydrogen) atoms. The molecule has 1 amide bonds. The number of nitrogens with one attached hydrogen (secondary N) is 1. The van der Waals surface area contributed by atoms with E-state index in [1.807, 2.05) is 12.1 Å². The van der Waals surface area contributed by atoms with Crippen LogP contribution in [0.3, 0.4) is 0 Å². The summed E-state index contributed by atoms with van der Waals surface area (Å²) in [5, 5.41) is 2.99. The first-order valence-corrected chi connectivity index (χ1v) is 8.76. The van der Waals surface area contributed by atoms with E-state index in [0.717, 1.165) is 12.8 Å². The minimum absolute atomic E-state index is 0.250. The van der Waals surface area contributed by atoms with E-state index in [9.17, 15) is 4.79 Å². The van der Waals surface area contributed by atoms with Crippen LogP contribution >= 0.6 is 0 Å². The Kier molecular flexibility index (Phi) is 5.56. The highest BCUT2D eigenvalue weighted by Gasteiger charge is 2.37. The monoisotopic (exact) mass is 371 g/mol. The lowest BCUT2D eigenvalue weighted by Gasteiger charge is -2.28. The van der Waals surface area contributed by atoms with Gasteiger partial charge in [0.1, 0.15) is 0 Å². The normalized spacial score (nSPS) is 14.4. The van der Waals surface area contributed by atoms with Gasteiger partial charge in [0, 0.05) is 26.5 Å². The maximum absolute atomic E-state index is 12.8. The van der Waals surface area contributed by atoms with Gasteiger partial charge in [-0.05, 0) is 23.3 Å². The topological polar surface area (TPSA) is 66.0 Å². The zero-order valence-corrected chi connectivity index (χ0v) is 16.1. The van der Waals surface area contributed by atoms with E-state index < -0.39 is 5.60 Å². The Hall–Kier alpha value is -2.73. The SMILES string of the molecule is COc1ccc(C(=O)NCC2(OC)Cc3ccccc3C2)c(OC)c1OC. The lowest BCUT2D eigenvalue weighted by molar-refractivity contribution is 0.000152. The van der Waals surface area contributed by atoms with Crippen molar-refractivity contribution < 1.29 is 23.7 Å². The molecule has 0 saturated heterocycles. The number of carbonyl (C=O) groups excluding carboxylic acids is 1. The first kappa shape index (κ1) is 19.0. The molecule has 0 aliphatic heterocycles. The van der Waals surface area contributed by atoms with E-state index in [0.29, 0.717) is 29.4 Å². The number of fused-ring (bicyclic) bond motifs is 1. The maximum Gasteiger partial charge on any atom is 0.255 e. The number of benzene rings is 2. The summed E-state index contributed by atoms with van der Waals surface area (Å²) < 4.78 is 21.8. The fraction of sp³-hybridized carbons (Fsp3) is 0.381. The number of hydrogen-bond donors (Lipinski definition) is 1. The van der Waals surface area contributed by atoms with Crippen molar-refractivity contribution in [2.75, 3.05) is 35.0 Å². The average molecular weight is 371 g/mol. The predicted octanol–water partition coefficient (Wildman–Crippen LogP) is 2.63. The van der Waals surface area contributed by atoms with Crippen LogP contribution in [0, 0.1) is 0 Å². The zero-order chi connectivity index (χ0) is 19.4. The Morgan fingerprint density at radius 1 is 0.926 bits per heavy atom. The highest BCUT2D eigenvalue weighted by Crippen LogP contribution is 2.40. The molecule has 1 aliphatic rings. The molecule has 144 valence electrons. The van der Waals surface area contributed by atoms with E-state index in [4.69, 9.17) is 18.9 Å². The van der Waals surface area contributed by atoms with Gasteiger partial charge in [-0.1, -0.05) is 24.3 Å². The quantitative estimate of drug-likeness (QED) is 0.811. The number of rotatable bonds is 7. The van der Waals surface area contributed by atoms with E-state index in [-0.39, 0.29) is 5.91 Å². The molecule has 0 heterocycles. The van der Waals surface area contributed by atoms with Gasteiger partial charge in [-0.3, -0.25) is 4.79 Å². The number of amides is 1. The Morgan fingerprint density at radius 3 is 2.07 bits per heavy atom. The molecule has 0 atom stereocenters. The standard InChI is InChI=1S/C21H25NO5/c1-24-17-10-9-16(18(25-2)19(17)26-3)20(23)22-13-21(27-4)11-14-7-5-6-8-15(14)12-21/h5-10H,11-13H2,1-4H3,(H,22,23). The Balaban J connectivity index is 1.78. The van der Waals surface area contributed by atoms with E-state index >= 15 is 0 Å². The molecule has 3 rings (SSSR count). The molecule has 2 aromatic rings. The summed E-state index contributed by atoms with van der Waals surface area (Å²) in [6.45, 7) is 0.397. The zero-order valence-electron chi connectivity index (χ0n) is 16.1. The van der Waals surface area contributed by atoms with Crippen LogP contribution in [0.5, 0.6) is 17.2 Å². The summed E-state index contributed by atoms with van der Waals surface area (Å²) in [6, 6.07) is 11.6. The van der Waals surface area contributed by atoms with Gasteiger partial charge in [0.25, 0.3) is 5.91 Å². The number of hydrogen-bond acceptors (Lipinski definition) is 5. The third-order valence-corrected chi connectivity index (χ3v) is 5.10. The fourth-order valence-corrected chi connectivity index (χ4v) is 3.62. The van der Waals surface area contributed by atoms with Gasteiger partial charge in [0.2, 0.25) is 5.75 Å². The van der Waals surface area contributed by atoms with Gasteiger partial charge in [0.05, 0.1) is 32.5 Å². The Morgan fingerprint density at radius 2 is 1.56 bits per heavy atom. The van der Waals surface area contributed by atoms with Gasteiger partial charge in [0.15, 0.2) is 11.5 Å². The van der Waals surface area contributed by atoms with Crippen molar-refractivity contribution in [1.29, 1.82) is 0 Å². The molecule has 2 aromatic carbocycles. The highest BCUT2D eigenvalue weighted by atomic mass is 16.5. The Bertz CT molecular complexity index is 808. The van der Waals surface area contributed by atoms with Crippen LogP contribution in [0.15, 0.2) is 36.4 Å². The second-order valence-corrected chi connectivity index (χ2v) is 6.57. The summed E-state index contributed by atoms with van der Waals surface area (Å²) >= 11 is 0. The van der Waals surface area contributed by atoms with E-state index in [2.05, 4.69) is 17.4 Å².